The molecule has 0 unspecified atom stereocenters. The molecule has 7 heteroatoms. The van der Waals surface area contributed by atoms with Crippen molar-refractivity contribution < 1.29 is 13.2 Å². The minimum atomic E-state index is -4.41. The molecule has 2 nitrogen and oxygen atoms in total. The third-order valence-electron chi connectivity index (χ3n) is 2.60. The average Bonchev–Trinajstić information content (AvgIpc) is 2.82. The molecule has 0 aliphatic carbocycles. The van der Waals surface area contributed by atoms with E-state index in [1.165, 1.54) is 17.4 Å². The number of hydrogen-bond donors (Lipinski definition) is 1. The number of aromatic nitrogens is 1. The number of nitrogens with zero attached hydrogens (tertiary/aromatic N) is 1. The molecule has 1 aromatic heterocycles. The lowest BCUT2D eigenvalue weighted by atomic mass is 10.2. The molecule has 1 aromatic carbocycles. The molecule has 2 aromatic rings. The van der Waals surface area contributed by atoms with Crippen LogP contribution in [0.25, 0.3) is 0 Å². The Morgan fingerprint density at radius 3 is 2.65 bits per heavy atom. The van der Waals surface area contributed by atoms with Crippen LogP contribution in [0.5, 0.6) is 0 Å². The molecule has 20 heavy (non-hydrogen) atoms. The van der Waals surface area contributed by atoms with Crippen LogP contribution in [0, 0.1) is 0 Å². The fraction of sp³-hybridized carbons (Fsp3) is 0.308. The third-order valence-corrected chi connectivity index (χ3v) is 3.86. The van der Waals surface area contributed by atoms with Crippen molar-refractivity contribution in [2.24, 2.45) is 0 Å². The van der Waals surface area contributed by atoms with Crippen LogP contribution < -0.4 is 5.32 Å². The highest BCUT2D eigenvalue weighted by atomic mass is 35.5. The Kier molecular flexibility index (Phi) is 4.55. The molecular weight excluding hydrogens is 309 g/mol. The quantitative estimate of drug-likeness (QED) is 0.858. The van der Waals surface area contributed by atoms with E-state index < -0.39 is 11.7 Å². The van der Waals surface area contributed by atoms with Gasteiger partial charge in [0.1, 0.15) is 0 Å². The van der Waals surface area contributed by atoms with E-state index in [1.54, 1.807) is 0 Å². The Hall–Kier alpha value is -1.27. The van der Waals surface area contributed by atoms with Crippen LogP contribution in [0.4, 0.5) is 18.9 Å². The molecule has 0 aliphatic heterocycles. The predicted molar refractivity (Wildman–Crippen MR) is 75.3 cm³/mol. The Balaban J connectivity index is 2.11. The largest absolute Gasteiger partial charge is 0.416 e. The fourth-order valence-electron chi connectivity index (χ4n) is 1.64. The van der Waals surface area contributed by atoms with E-state index in [9.17, 15) is 13.2 Å². The summed E-state index contributed by atoms with van der Waals surface area (Å²) in [5, 5.41) is 5.86. The van der Waals surface area contributed by atoms with Gasteiger partial charge in [0.15, 0.2) is 0 Å². The number of thiazole rings is 1. The highest BCUT2D eigenvalue weighted by molar-refractivity contribution is 7.09. The first kappa shape index (κ1) is 15.1. The third kappa shape index (κ3) is 3.86. The first-order valence-electron chi connectivity index (χ1n) is 5.93. The van der Waals surface area contributed by atoms with E-state index in [0.29, 0.717) is 12.2 Å². The Morgan fingerprint density at radius 1 is 1.30 bits per heavy atom. The van der Waals surface area contributed by atoms with Crippen molar-refractivity contribution in [3.63, 3.8) is 0 Å². The molecule has 0 spiro atoms. The van der Waals surface area contributed by atoms with E-state index in [1.807, 2.05) is 12.3 Å². The summed E-state index contributed by atoms with van der Waals surface area (Å²) >= 11 is 7.25. The summed E-state index contributed by atoms with van der Waals surface area (Å²) in [6.07, 6.45) is -3.56. The molecule has 0 aliphatic rings. The Morgan fingerprint density at radius 2 is 2.05 bits per heavy atom. The normalized spacial score (nSPS) is 11.7. The predicted octanol–water partition coefficient (Wildman–Crippen LogP) is 4.99. The highest BCUT2D eigenvalue weighted by Gasteiger charge is 2.31. The van der Waals surface area contributed by atoms with E-state index in [2.05, 4.69) is 10.3 Å². The molecule has 0 saturated heterocycles. The molecule has 0 saturated carbocycles. The van der Waals surface area contributed by atoms with Crippen molar-refractivity contribution in [2.45, 2.75) is 26.1 Å². The zero-order valence-corrected chi connectivity index (χ0v) is 12.2. The summed E-state index contributed by atoms with van der Waals surface area (Å²) in [5.74, 6) is 0. The molecule has 0 radical (unpaired) electrons. The average molecular weight is 321 g/mol. The first-order chi connectivity index (χ1) is 9.38. The monoisotopic (exact) mass is 320 g/mol. The van der Waals surface area contributed by atoms with E-state index in [4.69, 9.17) is 11.6 Å². The van der Waals surface area contributed by atoms with Gasteiger partial charge in [0, 0.05) is 16.1 Å². The van der Waals surface area contributed by atoms with Crippen molar-refractivity contribution in [1.29, 1.82) is 0 Å². The smallest absolute Gasteiger partial charge is 0.379 e. The van der Waals surface area contributed by atoms with Crippen LogP contribution in [0.3, 0.4) is 0 Å². The van der Waals surface area contributed by atoms with Crippen molar-refractivity contribution in [3.8, 4) is 0 Å². The molecule has 1 N–H and O–H groups in total. The van der Waals surface area contributed by atoms with Gasteiger partial charge >= 0.3 is 6.18 Å². The van der Waals surface area contributed by atoms with Gasteiger partial charge in [-0.3, -0.25) is 0 Å². The standard InChI is InChI=1S/C13H12ClF3N2S/c1-2-12-19-11(7-20-12)6-18-10-4-8(13(15,16)17)3-9(14)5-10/h3-5,7,18H,2,6H2,1H3. The molecule has 0 fully saturated rings. The van der Waals surface area contributed by atoms with Gasteiger partial charge in [0.05, 0.1) is 22.8 Å². The lowest BCUT2D eigenvalue weighted by Crippen LogP contribution is -2.07. The SMILES string of the molecule is CCc1nc(CNc2cc(Cl)cc(C(F)(F)F)c2)cs1. The summed E-state index contributed by atoms with van der Waals surface area (Å²) in [6.45, 7) is 2.37. The van der Waals surface area contributed by atoms with Gasteiger partial charge in [-0.25, -0.2) is 4.98 Å². The molecule has 1 heterocycles. The fourth-order valence-corrected chi connectivity index (χ4v) is 2.62. The number of hydrogen-bond acceptors (Lipinski definition) is 3. The maximum absolute atomic E-state index is 12.7. The molecule has 2 rings (SSSR count). The maximum atomic E-state index is 12.7. The van der Waals surface area contributed by atoms with Crippen LogP contribution in [0.1, 0.15) is 23.2 Å². The first-order valence-corrected chi connectivity index (χ1v) is 7.19. The van der Waals surface area contributed by atoms with Crippen LogP contribution in [0.15, 0.2) is 23.6 Å². The van der Waals surface area contributed by atoms with Crippen molar-refractivity contribution in [1.82, 2.24) is 4.98 Å². The van der Waals surface area contributed by atoms with E-state index in [-0.39, 0.29) is 5.02 Å². The molecule has 0 atom stereocenters. The minimum Gasteiger partial charge on any atom is -0.379 e. The number of anilines is 1. The second-order valence-corrected chi connectivity index (χ2v) is 5.55. The minimum absolute atomic E-state index is 0.0508. The topological polar surface area (TPSA) is 24.9 Å². The van der Waals surface area contributed by atoms with Crippen molar-refractivity contribution >= 4 is 28.6 Å². The summed E-state index contributed by atoms with van der Waals surface area (Å²) < 4.78 is 38.0. The summed E-state index contributed by atoms with van der Waals surface area (Å²) in [6, 6.07) is 3.41. The van der Waals surface area contributed by atoms with Gasteiger partial charge in [-0.2, -0.15) is 13.2 Å². The number of aryl methyl sites for hydroxylation is 1. The van der Waals surface area contributed by atoms with Gasteiger partial charge in [-0.15, -0.1) is 11.3 Å². The van der Waals surface area contributed by atoms with Crippen molar-refractivity contribution in [3.05, 3.63) is 44.9 Å². The number of rotatable bonds is 4. The van der Waals surface area contributed by atoms with Crippen LogP contribution >= 0.6 is 22.9 Å². The zero-order chi connectivity index (χ0) is 14.8. The van der Waals surface area contributed by atoms with Crippen LogP contribution in [-0.2, 0) is 19.1 Å². The second-order valence-electron chi connectivity index (χ2n) is 4.17. The molecule has 0 amide bonds. The summed E-state index contributed by atoms with van der Waals surface area (Å²) in [7, 11) is 0. The molecule has 108 valence electrons. The van der Waals surface area contributed by atoms with Gasteiger partial charge in [0.2, 0.25) is 0 Å². The highest BCUT2D eigenvalue weighted by Crippen LogP contribution is 2.33. The number of alkyl halides is 3. The number of nitrogens with one attached hydrogen (secondary N) is 1. The Bertz CT molecular complexity index is 596. The lowest BCUT2D eigenvalue weighted by Gasteiger charge is -2.11. The maximum Gasteiger partial charge on any atom is 0.416 e. The van der Waals surface area contributed by atoms with Gasteiger partial charge < -0.3 is 5.32 Å². The zero-order valence-electron chi connectivity index (χ0n) is 10.6. The van der Waals surface area contributed by atoms with Gasteiger partial charge in [-0.05, 0) is 24.6 Å². The van der Waals surface area contributed by atoms with Crippen LogP contribution in [-0.4, -0.2) is 4.98 Å². The van der Waals surface area contributed by atoms with Crippen molar-refractivity contribution in [2.75, 3.05) is 5.32 Å². The summed E-state index contributed by atoms with van der Waals surface area (Å²) in [4.78, 5) is 4.34. The van der Waals surface area contributed by atoms with Gasteiger partial charge in [0.25, 0.3) is 0 Å². The van der Waals surface area contributed by atoms with E-state index in [0.717, 1.165) is 29.3 Å². The number of benzene rings is 1. The summed E-state index contributed by atoms with van der Waals surface area (Å²) in [5.41, 5.74) is 0.372. The number of halogens is 4. The van der Waals surface area contributed by atoms with E-state index >= 15 is 0 Å². The lowest BCUT2D eigenvalue weighted by molar-refractivity contribution is -0.137. The van der Waals surface area contributed by atoms with Crippen LogP contribution in [0.2, 0.25) is 5.02 Å². The molecular formula is C13H12ClF3N2S. The molecule has 0 bridgehead atoms. The second kappa shape index (κ2) is 6.01. The Labute approximate surface area is 123 Å². The van der Waals surface area contributed by atoms with Gasteiger partial charge in [-0.1, -0.05) is 18.5 Å².